The smallest absolute Gasteiger partial charge is 0.261 e. The van der Waals surface area contributed by atoms with Gasteiger partial charge in [-0.3, -0.25) is 4.72 Å². The van der Waals surface area contributed by atoms with Crippen LogP contribution in [0.2, 0.25) is 5.02 Å². The van der Waals surface area contributed by atoms with Crippen LogP contribution in [-0.2, 0) is 10.0 Å². The number of nitrogens with zero attached hydrogens (tertiary/aromatic N) is 1. The zero-order valence-corrected chi connectivity index (χ0v) is 15.3. The van der Waals surface area contributed by atoms with Gasteiger partial charge in [-0.2, -0.15) is 5.26 Å². The van der Waals surface area contributed by atoms with Crippen LogP contribution in [0.5, 0.6) is 17.2 Å². The second-order valence-electron chi connectivity index (χ2n) is 5.45. The summed E-state index contributed by atoms with van der Waals surface area (Å²) in [5, 5.41) is 18.9. The third kappa shape index (κ3) is 4.31. The number of nitriles is 1. The quantitative estimate of drug-likeness (QED) is 0.656. The Morgan fingerprint density at radius 3 is 2.41 bits per heavy atom. The number of phenols is 1. The van der Waals surface area contributed by atoms with E-state index in [1.807, 2.05) is 6.07 Å². The Morgan fingerprint density at radius 1 is 1.04 bits per heavy atom. The number of nitrogens with one attached hydrogen (secondary N) is 1. The normalized spacial score (nSPS) is 10.8. The van der Waals surface area contributed by atoms with E-state index in [1.165, 1.54) is 48.5 Å². The molecule has 27 heavy (non-hydrogen) atoms. The van der Waals surface area contributed by atoms with Crippen molar-refractivity contribution >= 4 is 27.3 Å². The van der Waals surface area contributed by atoms with Crippen molar-refractivity contribution in [1.29, 1.82) is 5.26 Å². The van der Waals surface area contributed by atoms with Crippen molar-refractivity contribution in [2.75, 3.05) is 4.72 Å². The molecule has 6 nitrogen and oxygen atoms in total. The molecule has 0 atom stereocenters. The molecular weight excluding hydrogens is 388 g/mol. The SMILES string of the molecule is N#Cc1c(Cl)cccc1Oc1ccc(S(=O)(=O)Nc2cccc(O)c2)cc1. The Kier molecular flexibility index (Phi) is 5.21. The van der Waals surface area contributed by atoms with E-state index in [0.29, 0.717) is 5.75 Å². The van der Waals surface area contributed by atoms with Gasteiger partial charge in [-0.05, 0) is 48.5 Å². The van der Waals surface area contributed by atoms with Crippen molar-refractivity contribution in [2.45, 2.75) is 4.90 Å². The molecule has 0 heterocycles. The number of hydrogen-bond acceptors (Lipinski definition) is 5. The molecule has 0 radical (unpaired) electrons. The monoisotopic (exact) mass is 400 g/mol. The summed E-state index contributed by atoms with van der Waals surface area (Å²) in [7, 11) is -3.83. The van der Waals surface area contributed by atoms with Crippen LogP contribution in [0.3, 0.4) is 0 Å². The molecule has 0 fully saturated rings. The van der Waals surface area contributed by atoms with E-state index in [-0.39, 0.29) is 32.7 Å². The predicted octanol–water partition coefficient (Wildman–Crippen LogP) is 4.51. The third-order valence-electron chi connectivity index (χ3n) is 3.55. The van der Waals surface area contributed by atoms with E-state index in [2.05, 4.69) is 4.72 Å². The second kappa shape index (κ2) is 7.58. The molecule has 0 bridgehead atoms. The molecule has 3 rings (SSSR count). The summed E-state index contributed by atoms with van der Waals surface area (Å²) in [5.41, 5.74) is 0.439. The number of hydrogen-bond donors (Lipinski definition) is 2. The molecule has 0 aliphatic carbocycles. The Balaban J connectivity index is 1.81. The fourth-order valence-corrected chi connectivity index (χ4v) is 3.55. The summed E-state index contributed by atoms with van der Waals surface area (Å²) in [6, 6.07) is 18.3. The van der Waals surface area contributed by atoms with Gasteiger partial charge in [0.1, 0.15) is 28.9 Å². The highest BCUT2D eigenvalue weighted by atomic mass is 35.5. The summed E-state index contributed by atoms with van der Waals surface area (Å²) < 4.78 is 32.9. The van der Waals surface area contributed by atoms with Gasteiger partial charge < -0.3 is 9.84 Å². The average molecular weight is 401 g/mol. The van der Waals surface area contributed by atoms with E-state index in [1.54, 1.807) is 18.2 Å². The van der Waals surface area contributed by atoms with Gasteiger partial charge in [-0.25, -0.2) is 8.42 Å². The Hall–Kier alpha value is -3.21. The number of aromatic hydroxyl groups is 1. The first-order valence-electron chi connectivity index (χ1n) is 7.67. The van der Waals surface area contributed by atoms with Crippen molar-refractivity contribution in [3.63, 3.8) is 0 Å². The van der Waals surface area contributed by atoms with Crippen LogP contribution < -0.4 is 9.46 Å². The van der Waals surface area contributed by atoms with Gasteiger partial charge in [0, 0.05) is 6.07 Å². The second-order valence-corrected chi connectivity index (χ2v) is 7.54. The van der Waals surface area contributed by atoms with E-state index >= 15 is 0 Å². The first-order chi connectivity index (χ1) is 12.9. The van der Waals surface area contributed by atoms with E-state index < -0.39 is 10.0 Å². The van der Waals surface area contributed by atoms with Crippen molar-refractivity contribution < 1.29 is 18.3 Å². The molecular formula is C19H13ClN2O4S. The first kappa shape index (κ1) is 18.6. The van der Waals surface area contributed by atoms with E-state index in [4.69, 9.17) is 21.6 Å². The van der Waals surface area contributed by atoms with Crippen LogP contribution >= 0.6 is 11.6 Å². The molecule has 0 aliphatic heterocycles. The third-order valence-corrected chi connectivity index (χ3v) is 5.26. The molecule has 0 saturated carbocycles. The van der Waals surface area contributed by atoms with E-state index in [9.17, 15) is 13.5 Å². The van der Waals surface area contributed by atoms with Crippen LogP contribution in [0, 0.1) is 11.3 Å². The summed E-state index contributed by atoms with van der Waals surface area (Å²) in [6.07, 6.45) is 0. The number of rotatable bonds is 5. The van der Waals surface area contributed by atoms with Crippen LogP contribution in [0.25, 0.3) is 0 Å². The fourth-order valence-electron chi connectivity index (χ4n) is 2.30. The Morgan fingerprint density at radius 2 is 1.74 bits per heavy atom. The van der Waals surface area contributed by atoms with Gasteiger partial charge in [0.25, 0.3) is 10.0 Å². The maximum atomic E-state index is 12.4. The molecule has 8 heteroatoms. The van der Waals surface area contributed by atoms with Gasteiger partial charge in [0.2, 0.25) is 0 Å². The van der Waals surface area contributed by atoms with Crippen LogP contribution in [-0.4, -0.2) is 13.5 Å². The van der Waals surface area contributed by atoms with Gasteiger partial charge in [0.05, 0.1) is 15.6 Å². The van der Waals surface area contributed by atoms with Crippen molar-refractivity contribution in [3.05, 3.63) is 77.3 Å². The fraction of sp³-hybridized carbons (Fsp3) is 0. The Bertz CT molecular complexity index is 1120. The maximum absolute atomic E-state index is 12.4. The largest absolute Gasteiger partial charge is 0.508 e. The lowest BCUT2D eigenvalue weighted by atomic mass is 10.2. The van der Waals surface area contributed by atoms with Gasteiger partial charge in [0.15, 0.2) is 0 Å². The molecule has 2 N–H and O–H groups in total. The van der Waals surface area contributed by atoms with Crippen LogP contribution in [0.1, 0.15) is 5.56 Å². The highest BCUT2D eigenvalue weighted by Crippen LogP contribution is 2.30. The number of sulfonamides is 1. The highest BCUT2D eigenvalue weighted by Gasteiger charge is 2.15. The van der Waals surface area contributed by atoms with Gasteiger partial charge >= 0.3 is 0 Å². The molecule has 0 saturated heterocycles. The lowest BCUT2D eigenvalue weighted by Crippen LogP contribution is -2.12. The van der Waals surface area contributed by atoms with Crippen molar-refractivity contribution in [1.82, 2.24) is 0 Å². The summed E-state index contributed by atoms with van der Waals surface area (Å²) in [6.45, 7) is 0. The highest BCUT2D eigenvalue weighted by molar-refractivity contribution is 7.92. The maximum Gasteiger partial charge on any atom is 0.261 e. The minimum Gasteiger partial charge on any atom is -0.508 e. The molecule has 0 unspecified atom stereocenters. The molecule has 136 valence electrons. The molecule has 0 aliphatic rings. The van der Waals surface area contributed by atoms with Crippen LogP contribution in [0.4, 0.5) is 5.69 Å². The molecule has 3 aromatic carbocycles. The Labute approximate surface area is 161 Å². The molecule has 0 spiro atoms. The lowest BCUT2D eigenvalue weighted by molar-refractivity contribution is 0.475. The molecule has 0 amide bonds. The molecule has 3 aromatic rings. The minimum absolute atomic E-state index is 0.0183. The molecule has 0 aromatic heterocycles. The number of anilines is 1. The lowest BCUT2D eigenvalue weighted by Gasteiger charge is -2.10. The van der Waals surface area contributed by atoms with Crippen molar-refractivity contribution in [2.24, 2.45) is 0 Å². The van der Waals surface area contributed by atoms with Crippen LogP contribution in [0.15, 0.2) is 71.6 Å². The van der Waals surface area contributed by atoms with Gasteiger partial charge in [-0.1, -0.05) is 23.7 Å². The summed E-state index contributed by atoms with van der Waals surface area (Å²) >= 11 is 5.96. The zero-order chi connectivity index (χ0) is 19.4. The number of phenolic OH excluding ortho intramolecular Hbond substituents is 1. The van der Waals surface area contributed by atoms with E-state index in [0.717, 1.165) is 0 Å². The number of ether oxygens (including phenoxy) is 1. The number of benzene rings is 3. The minimum atomic E-state index is -3.83. The number of halogens is 1. The summed E-state index contributed by atoms with van der Waals surface area (Å²) in [5.74, 6) is 0.581. The summed E-state index contributed by atoms with van der Waals surface area (Å²) in [4.78, 5) is 0.0183. The topological polar surface area (TPSA) is 99.4 Å². The average Bonchev–Trinajstić information content (AvgIpc) is 2.62. The predicted molar refractivity (Wildman–Crippen MR) is 102 cm³/mol. The van der Waals surface area contributed by atoms with Crippen molar-refractivity contribution in [3.8, 4) is 23.3 Å². The zero-order valence-electron chi connectivity index (χ0n) is 13.8. The van der Waals surface area contributed by atoms with Gasteiger partial charge in [-0.15, -0.1) is 0 Å². The first-order valence-corrected chi connectivity index (χ1v) is 9.53. The standard InChI is InChI=1S/C19H13ClN2O4S/c20-18-5-2-6-19(17(18)12-21)26-15-7-9-16(10-8-15)27(24,25)22-13-3-1-4-14(23)11-13/h1-11,22-23H.